The van der Waals surface area contributed by atoms with Gasteiger partial charge in [-0.2, -0.15) is 5.26 Å². The van der Waals surface area contributed by atoms with Gasteiger partial charge in [0.2, 0.25) is 0 Å². The van der Waals surface area contributed by atoms with E-state index in [0.717, 1.165) is 0 Å². The number of aromatic amines is 1. The Kier molecular flexibility index (Phi) is 5.25. The van der Waals surface area contributed by atoms with Crippen molar-refractivity contribution in [2.24, 2.45) is 0 Å². The number of hydrogen-bond acceptors (Lipinski definition) is 3. The first kappa shape index (κ1) is 9.17. The van der Waals surface area contributed by atoms with Crippen molar-refractivity contribution in [2.75, 3.05) is 0 Å². The molecule has 0 saturated carbocycles. The van der Waals surface area contributed by atoms with Crippen LogP contribution >= 0.6 is 0 Å². The first-order chi connectivity index (χ1) is 5.27. The number of H-pyrrole nitrogens is 1. The zero-order chi connectivity index (χ0) is 8.53. The zero-order valence-corrected chi connectivity index (χ0v) is 5.69. The Bertz CT molecular complexity index is 207. The number of hydrogen-bond donors (Lipinski definition) is 2. The average Bonchev–Trinajstić information content (AvgIpc) is 2.41. The summed E-state index contributed by atoms with van der Waals surface area (Å²) in [5.41, 5.74) is 0. The second-order valence-electron chi connectivity index (χ2n) is 1.49. The van der Waals surface area contributed by atoms with E-state index in [-0.39, 0.29) is 0 Å². The molecule has 11 heavy (non-hydrogen) atoms. The van der Waals surface area contributed by atoms with Crippen LogP contribution in [0.4, 0.5) is 0 Å². The lowest BCUT2D eigenvalue weighted by molar-refractivity contribution is -0.135. The molecule has 1 rings (SSSR count). The molecule has 0 aliphatic carbocycles. The molecule has 0 bridgehead atoms. The minimum Gasteiger partial charge on any atom is -0.480 e. The summed E-state index contributed by atoms with van der Waals surface area (Å²) in [4.78, 5) is 15.8. The maximum absolute atomic E-state index is 9.38. The Labute approximate surface area is 63.3 Å². The van der Waals surface area contributed by atoms with Crippen LogP contribution in [0.15, 0.2) is 18.7 Å². The molecule has 0 aromatic carbocycles. The lowest BCUT2D eigenvalue weighted by Crippen LogP contribution is -1.88. The highest BCUT2D eigenvalue weighted by Gasteiger charge is 1.87. The molecule has 0 spiro atoms. The molecule has 0 saturated heterocycles. The highest BCUT2D eigenvalue weighted by Crippen LogP contribution is 1.68. The van der Waals surface area contributed by atoms with E-state index in [9.17, 15) is 4.79 Å². The van der Waals surface area contributed by atoms with Gasteiger partial charge < -0.3 is 10.1 Å². The van der Waals surface area contributed by atoms with E-state index < -0.39 is 12.4 Å². The molecule has 58 valence electrons. The molecule has 0 fully saturated rings. The summed E-state index contributed by atoms with van der Waals surface area (Å²) in [6, 6.07) is 1.47. The van der Waals surface area contributed by atoms with Crippen LogP contribution in [-0.4, -0.2) is 21.0 Å². The quantitative estimate of drug-likeness (QED) is 0.610. The largest absolute Gasteiger partial charge is 0.480 e. The third-order valence-electron chi connectivity index (χ3n) is 0.636. The van der Waals surface area contributed by atoms with Gasteiger partial charge in [0.05, 0.1) is 12.4 Å². The molecule has 5 heteroatoms. The lowest BCUT2D eigenvalue weighted by Gasteiger charge is -1.70. The van der Waals surface area contributed by atoms with Crippen molar-refractivity contribution >= 4 is 5.97 Å². The van der Waals surface area contributed by atoms with Gasteiger partial charge >= 0.3 is 5.97 Å². The van der Waals surface area contributed by atoms with E-state index in [2.05, 4.69) is 9.97 Å². The van der Waals surface area contributed by atoms with Gasteiger partial charge in [-0.1, -0.05) is 0 Å². The van der Waals surface area contributed by atoms with Gasteiger partial charge in [-0.25, -0.2) is 4.98 Å². The summed E-state index contributed by atoms with van der Waals surface area (Å²) in [6.07, 6.45) is 4.68. The third kappa shape index (κ3) is 8.17. The molecule has 0 radical (unpaired) electrons. The maximum atomic E-state index is 9.38. The molecule has 0 aliphatic rings. The topological polar surface area (TPSA) is 89.8 Å². The van der Waals surface area contributed by atoms with Gasteiger partial charge in [-0.05, 0) is 0 Å². The Morgan fingerprint density at radius 1 is 1.82 bits per heavy atom. The fourth-order valence-corrected chi connectivity index (χ4v) is 0.283. The Morgan fingerprint density at radius 2 is 2.55 bits per heavy atom. The van der Waals surface area contributed by atoms with E-state index >= 15 is 0 Å². The fourth-order valence-electron chi connectivity index (χ4n) is 0.283. The van der Waals surface area contributed by atoms with E-state index in [4.69, 9.17) is 10.4 Å². The number of carboxylic acid groups (broad SMARTS) is 1. The number of nitrogens with one attached hydrogen (secondary N) is 1. The van der Waals surface area contributed by atoms with Gasteiger partial charge in [0.15, 0.2) is 0 Å². The molecular weight excluding hydrogens is 146 g/mol. The number of aliphatic carboxylic acids is 1. The summed E-state index contributed by atoms with van der Waals surface area (Å²) in [5, 5.41) is 15.3. The number of rotatable bonds is 1. The Morgan fingerprint density at radius 3 is 2.64 bits per heavy atom. The van der Waals surface area contributed by atoms with E-state index in [0.29, 0.717) is 0 Å². The minimum atomic E-state index is -1.07. The normalized spacial score (nSPS) is 7.18. The van der Waals surface area contributed by atoms with Gasteiger partial charge in [0, 0.05) is 12.4 Å². The molecule has 1 aromatic heterocycles. The number of carboxylic acids is 1. The van der Waals surface area contributed by atoms with Crippen molar-refractivity contribution in [3.05, 3.63) is 18.7 Å². The van der Waals surface area contributed by atoms with Crippen molar-refractivity contribution in [3.63, 3.8) is 0 Å². The number of carbonyl (C=O) groups is 1. The van der Waals surface area contributed by atoms with Gasteiger partial charge in [-0.3, -0.25) is 4.79 Å². The predicted octanol–water partition coefficient (Wildman–Crippen LogP) is 0.394. The SMILES string of the molecule is N#CCC(=O)O.c1c[nH]cn1. The third-order valence-corrected chi connectivity index (χ3v) is 0.636. The maximum Gasteiger partial charge on any atom is 0.317 e. The Hall–Kier alpha value is -1.83. The number of nitrogens with zero attached hydrogens (tertiary/aromatic N) is 2. The van der Waals surface area contributed by atoms with Crippen LogP contribution in [0.3, 0.4) is 0 Å². The molecule has 2 N–H and O–H groups in total. The summed E-state index contributed by atoms with van der Waals surface area (Å²) < 4.78 is 0. The van der Waals surface area contributed by atoms with Crippen molar-refractivity contribution in [3.8, 4) is 6.07 Å². The fraction of sp³-hybridized carbons (Fsp3) is 0.167. The summed E-state index contributed by atoms with van der Waals surface area (Å²) in [5.74, 6) is -1.07. The molecule has 1 heterocycles. The standard InChI is InChI=1S/C3H4N2.C3H3NO2/c1-2-5-3-4-1;4-2-1-3(5)6/h1-3H,(H,4,5);1H2,(H,5,6). The lowest BCUT2D eigenvalue weighted by atomic mass is 10.5. The van der Waals surface area contributed by atoms with E-state index in [1.807, 2.05) is 0 Å². The molecule has 0 amide bonds. The number of aromatic nitrogens is 2. The van der Waals surface area contributed by atoms with Crippen molar-refractivity contribution in [1.29, 1.82) is 5.26 Å². The molecule has 0 atom stereocenters. The smallest absolute Gasteiger partial charge is 0.317 e. The highest BCUT2D eigenvalue weighted by molar-refractivity contribution is 5.69. The van der Waals surface area contributed by atoms with Crippen LogP contribution in [0, 0.1) is 11.3 Å². The molecular formula is C6H7N3O2. The Balaban J connectivity index is 0.000000183. The van der Waals surface area contributed by atoms with Crippen LogP contribution in [0.25, 0.3) is 0 Å². The van der Waals surface area contributed by atoms with Crippen LogP contribution in [0.1, 0.15) is 6.42 Å². The number of imidazole rings is 1. The van der Waals surface area contributed by atoms with Crippen LogP contribution in [-0.2, 0) is 4.79 Å². The first-order valence-corrected chi connectivity index (χ1v) is 2.79. The predicted molar refractivity (Wildman–Crippen MR) is 36.5 cm³/mol. The second kappa shape index (κ2) is 6.29. The highest BCUT2D eigenvalue weighted by atomic mass is 16.4. The summed E-state index contributed by atoms with van der Waals surface area (Å²) in [6.45, 7) is 0. The van der Waals surface area contributed by atoms with Crippen LogP contribution < -0.4 is 0 Å². The summed E-state index contributed by atoms with van der Waals surface area (Å²) >= 11 is 0. The van der Waals surface area contributed by atoms with Gasteiger partial charge in [-0.15, -0.1) is 0 Å². The van der Waals surface area contributed by atoms with Crippen molar-refractivity contribution in [2.45, 2.75) is 6.42 Å². The van der Waals surface area contributed by atoms with E-state index in [1.54, 1.807) is 18.7 Å². The van der Waals surface area contributed by atoms with E-state index in [1.165, 1.54) is 6.07 Å². The summed E-state index contributed by atoms with van der Waals surface area (Å²) in [7, 11) is 0. The molecule has 1 aromatic rings. The second-order valence-corrected chi connectivity index (χ2v) is 1.49. The zero-order valence-electron chi connectivity index (χ0n) is 5.69. The van der Waals surface area contributed by atoms with Crippen LogP contribution in [0.5, 0.6) is 0 Å². The number of nitriles is 1. The molecule has 0 aliphatic heterocycles. The van der Waals surface area contributed by atoms with Gasteiger partial charge in [0.1, 0.15) is 6.42 Å². The minimum absolute atomic E-state index is 0.403. The molecule has 5 nitrogen and oxygen atoms in total. The van der Waals surface area contributed by atoms with Crippen molar-refractivity contribution < 1.29 is 9.90 Å². The average molecular weight is 153 g/mol. The molecule has 0 unspecified atom stereocenters. The monoisotopic (exact) mass is 153 g/mol. The first-order valence-electron chi connectivity index (χ1n) is 2.79. The van der Waals surface area contributed by atoms with Crippen LogP contribution in [0.2, 0.25) is 0 Å². The van der Waals surface area contributed by atoms with Crippen molar-refractivity contribution in [1.82, 2.24) is 9.97 Å². The van der Waals surface area contributed by atoms with Gasteiger partial charge in [0.25, 0.3) is 0 Å².